The van der Waals surface area contributed by atoms with Crippen LogP contribution in [-0.4, -0.2) is 27.0 Å². The molecule has 0 nitrogen and oxygen atoms in total. The van der Waals surface area contributed by atoms with Gasteiger partial charge in [-0.3, -0.25) is 0 Å². The molecule has 0 fully saturated rings. The molecule has 5 heavy (non-hydrogen) atoms. The van der Waals surface area contributed by atoms with E-state index in [1.165, 1.54) is 0 Å². The summed E-state index contributed by atoms with van der Waals surface area (Å²) in [6, 6.07) is 0. The summed E-state index contributed by atoms with van der Waals surface area (Å²) in [5.74, 6) is 0. The first-order valence-corrected chi connectivity index (χ1v) is 2.62. The Morgan fingerprint density at radius 3 is 1.60 bits per heavy atom. The van der Waals surface area contributed by atoms with E-state index < -0.39 is 0 Å². The summed E-state index contributed by atoms with van der Waals surface area (Å²) < 4.78 is 0.803. The van der Waals surface area contributed by atoms with Crippen LogP contribution in [0.2, 0.25) is 0 Å². The number of halogens is 1. The van der Waals surface area contributed by atoms with Gasteiger partial charge in [0, 0.05) is 3.92 Å². The van der Waals surface area contributed by atoms with Crippen LogP contribution >= 0.6 is 22.6 Å². The van der Waals surface area contributed by atoms with Crippen LogP contribution in [0.25, 0.3) is 0 Å². The first-order chi connectivity index (χ1) is 1.73. The maximum absolute atomic E-state index is 2.34. The molecule has 0 saturated heterocycles. The fourth-order valence-corrected chi connectivity index (χ4v) is 0. The second-order valence-electron chi connectivity index (χ2n) is 1.01. The average molecular weight is 196 g/mol. The molecule has 0 aliphatic rings. The van der Waals surface area contributed by atoms with Crippen LogP contribution in [0, 0.1) is 0 Å². The van der Waals surface area contributed by atoms with Crippen LogP contribution in [0.15, 0.2) is 0 Å². The summed E-state index contributed by atoms with van der Waals surface area (Å²) in [6.45, 7) is 4.31. The molecule has 0 aliphatic heterocycles. The summed E-state index contributed by atoms with van der Waals surface area (Å²) in [6.07, 6.45) is 0. The van der Waals surface area contributed by atoms with Gasteiger partial charge in [-0.25, -0.2) is 0 Å². The van der Waals surface area contributed by atoms with Gasteiger partial charge < -0.3 is 2.85 Å². The standard InChI is InChI=1S/C3H7I.Mg.2H/c1-3(2)4;;;/h3H,1-2H3;;;/q;+2;2*-1. The van der Waals surface area contributed by atoms with Gasteiger partial charge in [-0.2, -0.15) is 0 Å². The first-order valence-electron chi connectivity index (χ1n) is 1.37. The van der Waals surface area contributed by atoms with Crippen molar-refractivity contribution in [1.82, 2.24) is 0 Å². The van der Waals surface area contributed by atoms with Gasteiger partial charge in [0.25, 0.3) is 0 Å². The number of rotatable bonds is 0. The minimum Gasteiger partial charge on any atom is -1.00 e. The SMILES string of the molecule is CC(C)I.[H-].[H-].[Mg+2]. The molecule has 0 spiro atoms. The quantitative estimate of drug-likeness (QED) is 0.314. The maximum Gasteiger partial charge on any atom is 2.00 e. The van der Waals surface area contributed by atoms with Crippen LogP contribution in [0.3, 0.4) is 0 Å². The van der Waals surface area contributed by atoms with Crippen molar-refractivity contribution in [3.05, 3.63) is 0 Å². The van der Waals surface area contributed by atoms with Crippen molar-refractivity contribution >= 4 is 45.6 Å². The zero-order valence-electron chi connectivity index (χ0n) is 5.66. The van der Waals surface area contributed by atoms with Crippen LogP contribution in [-0.2, 0) is 0 Å². The Hall–Kier alpha value is 1.50. The molecule has 0 aromatic heterocycles. The topological polar surface area (TPSA) is 0 Å². The summed E-state index contributed by atoms with van der Waals surface area (Å²) in [7, 11) is 0. The number of hydrogen-bond donors (Lipinski definition) is 0. The van der Waals surface area contributed by atoms with E-state index in [4.69, 9.17) is 0 Å². The van der Waals surface area contributed by atoms with E-state index in [1.807, 2.05) is 0 Å². The van der Waals surface area contributed by atoms with Crippen molar-refractivity contribution in [3.63, 3.8) is 0 Å². The summed E-state index contributed by atoms with van der Waals surface area (Å²) in [5, 5.41) is 0. The third-order valence-corrected chi connectivity index (χ3v) is 0. The Morgan fingerprint density at radius 2 is 1.60 bits per heavy atom. The maximum atomic E-state index is 2.34. The van der Waals surface area contributed by atoms with Crippen molar-refractivity contribution in [3.8, 4) is 0 Å². The Labute approximate surface area is 66.0 Å². The molecule has 0 aromatic carbocycles. The van der Waals surface area contributed by atoms with Crippen LogP contribution < -0.4 is 0 Å². The van der Waals surface area contributed by atoms with E-state index in [0.29, 0.717) is 0 Å². The van der Waals surface area contributed by atoms with Crippen molar-refractivity contribution in [2.24, 2.45) is 0 Å². The van der Waals surface area contributed by atoms with E-state index in [2.05, 4.69) is 36.4 Å². The molecule has 30 valence electrons. The van der Waals surface area contributed by atoms with Gasteiger partial charge in [-0.1, -0.05) is 36.4 Å². The van der Waals surface area contributed by atoms with E-state index in [0.717, 1.165) is 3.92 Å². The second-order valence-corrected chi connectivity index (χ2v) is 3.51. The smallest absolute Gasteiger partial charge is 1.00 e. The van der Waals surface area contributed by atoms with Gasteiger partial charge in [0.15, 0.2) is 0 Å². The Kier molecular flexibility index (Phi) is 10.7. The monoisotopic (exact) mass is 196 g/mol. The van der Waals surface area contributed by atoms with Crippen LogP contribution in [0.4, 0.5) is 0 Å². The molecule has 0 aliphatic carbocycles. The second kappa shape index (κ2) is 5.50. The van der Waals surface area contributed by atoms with Crippen molar-refractivity contribution in [2.45, 2.75) is 17.8 Å². The molecule has 0 atom stereocenters. The minimum absolute atomic E-state index is 0. The molecule has 0 radical (unpaired) electrons. The van der Waals surface area contributed by atoms with Crippen molar-refractivity contribution in [2.75, 3.05) is 0 Å². The predicted octanol–water partition coefficient (Wildman–Crippen LogP) is 1.67. The van der Waals surface area contributed by atoms with E-state index in [-0.39, 0.29) is 25.9 Å². The zero-order chi connectivity index (χ0) is 3.58. The first kappa shape index (κ1) is 9.71. The minimum atomic E-state index is 0. The molecular weight excluding hydrogens is 187 g/mol. The fraction of sp³-hybridized carbons (Fsp3) is 1.00. The van der Waals surface area contributed by atoms with Gasteiger partial charge in [0.1, 0.15) is 0 Å². The van der Waals surface area contributed by atoms with Crippen molar-refractivity contribution in [1.29, 1.82) is 0 Å². The molecule has 0 amide bonds. The van der Waals surface area contributed by atoms with E-state index in [1.54, 1.807) is 0 Å². The molecule has 0 bridgehead atoms. The van der Waals surface area contributed by atoms with Crippen LogP contribution in [0.1, 0.15) is 16.7 Å². The molecular formula is C3H9IMg. The number of alkyl halides is 1. The summed E-state index contributed by atoms with van der Waals surface area (Å²) in [5.41, 5.74) is 0. The third kappa shape index (κ3) is 30.0. The summed E-state index contributed by atoms with van der Waals surface area (Å²) >= 11 is 2.34. The molecule has 0 saturated carbocycles. The fourth-order valence-electron chi connectivity index (χ4n) is 0. The van der Waals surface area contributed by atoms with Gasteiger partial charge in [-0.05, 0) is 0 Å². The average Bonchev–Trinajstić information content (AvgIpc) is 0.811. The van der Waals surface area contributed by atoms with Crippen molar-refractivity contribution < 1.29 is 2.85 Å². The number of hydrogen-bond acceptors (Lipinski definition) is 0. The molecule has 0 unspecified atom stereocenters. The molecule has 0 heterocycles. The molecule has 0 rings (SSSR count). The zero-order valence-corrected chi connectivity index (χ0v) is 7.23. The molecule has 0 aromatic rings. The van der Waals surface area contributed by atoms with Crippen LogP contribution in [0.5, 0.6) is 0 Å². The third-order valence-electron chi connectivity index (χ3n) is 0. The van der Waals surface area contributed by atoms with E-state index >= 15 is 0 Å². The Balaban J connectivity index is -0.0000000150. The van der Waals surface area contributed by atoms with Gasteiger partial charge >= 0.3 is 23.1 Å². The Morgan fingerprint density at radius 1 is 1.60 bits per heavy atom. The molecule has 0 N–H and O–H groups in total. The Bertz CT molecular complexity index is 17.7. The van der Waals surface area contributed by atoms with Gasteiger partial charge in [-0.15, -0.1) is 0 Å². The van der Waals surface area contributed by atoms with E-state index in [9.17, 15) is 0 Å². The normalized spacial score (nSPS) is 7.20. The summed E-state index contributed by atoms with van der Waals surface area (Å²) in [4.78, 5) is 0. The molecule has 2 heteroatoms. The van der Waals surface area contributed by atoms with Gasteiger partial charge in [0.2, 0.25) is 0 Å². The predicted molar refractivity (Wildman–Crippen MR) is 37.1 cm³/mol. The largest absolute Gasteiger partial charge is 2.00 e. The van der Waals surface area contributed by atoms with Gasteiger partial charge in [0.05, 0.1) is 0 Å².